The molecule has 1 aromatic carbocycles. The molecule has 0 radical (unpaired) electrons. The lowest BCUT2D eigenvalue weighted by Crippen LogP contribution is -2.09. The fourth-order valence-electron chi connectivity index (χ4n) is 1.15. The molecule has 0 saturated carbocycles. The van der Waals surface area contributed by atoms with Gasteiger partial charge in [0.25, 0.3) is 0 Å². The average Bonchev–Trinajstić information content (AvgIpc) is 2.99. The first-order chi connectivity index (χ1) is 8.83. The molecule has 1 aromatic heterocycles. The number of nitrogens with one attached hydrogen (secondary N) is 1. The molecule has 0 bridgehead atoms. The SMILES string of the molecule is CO[N+](=O)OCCc1ccccc1.c1c[nH]cn1. The van der Waals surface area contributed by atoms with Crippen LogP contribution in [0.15, 0.2) is 49.1 Å². The molecule has 18 heavy (non-hydrogen) atoms. The summed E-state index contributed by atoms with van der Waals surface area (Å²) >= 11 is 0. The highest BCUT2D eigenvalue weighted by Gasteiger charge is 2.07. The Morgan fingerprint density at radius 3 is 2.61 bits per heavy atom. The highest BCUT2D eigenvalue weighted by Crippen LogP contribution is 1.99. The molecule has 6 nitrogen and oxygen atoms in total. The molecule has 0 spiro atoms. The van der Waals surface area contributed by atoms with Gasteiger partial charge >= 0.3 is 5.09 Å². The second kappa shape index (κ2) is 8.74. The zero-order chi connectivity index (χ0) is 13.1. The van der Waals surface area contributed by atoms with Crippen molar-refractivity contribution in [1.29, 1.82) is 0 Å². The van der Waals surface area contributed by atoms with Crippen molar-refractivity contribution in [3.63, 3.8) is 0 Å². The van der Waals surface area contributed by atoms with Gasteiger partial charge in [0, 0.05) is 18.8 Å². The number of aromatic amines is 1. The van der Waals surface area contributed by atoms with Gasteiger partial charge in [0.05, 0.1) is 6.33 Å². The van der Waals surface area contributed by atoms with Crippen molar-refractivity contribution in [3.8, 4) is 0 Å². The average molecular weight is 250 g/mol. The van der Waals surface area contributed by atoms with E-state index in [1.54, 1.807) is 18.7 Å². The summed E-state index contributed by atoms with van der Waals surface area (Å²) in [6.45, 7) is 0.321. The van der Waals surface area contributed by atoms with E-state index < -0.39 is 0 Å². The second-order valence-corrected chi connectivity index (χ2v) is 3.24. The van der Waals surface area contributed by atoms with E-state index in [0.717, 1.165) is 5.56 Å². The summed E-state index contributed by atoms with van der Waals surface area (Å²) in [6.07, 6.45) is 5.78. The minimum atomic E-state index is 0.100. The van der Waals surface area contributed by atoms with Gasteiger partial charge in [-0.05, 0) is 5.56 Å². The first-order valence-corrected chi connectivity index (χ1v) is 5.44. The van der Waals surface area contributed by atoms with Crippen molar-refractivity contribution >= 4 is 0 Å². The Hall–Kier alpha value is -2.37. The monoisotopic (exact) mass is 250 g/mol. The number of nitrogens with zero attached hydrogens (tertiary/aromatic N) is 2. The van der Waals surface area contributed by atoms with Crippen LogP contribution in [0.4, 0.5) is 0 Å². The van der Waals surface area contributed by atoms with E-state index >= 15 is 0 Å². The highest BCUT2D eigenvalue weighted by atomic mass is 17.0. The summed E-state index contributed by atoms with van der Waals surface area (Å²) in [5.74, 6) is 0. The van der Waals surface area contributed by atoms with Crippen LogP contribution in [-0.4, -0.2) is 28.8 Å². The summed E-state index contributed by atoms with van der Waals surface area (Å²) in [5.41, 5.74) is 1.13. The lowest BCUT2D eigenvalue weighted by Gasteiger charge is -1.95. The molecule has 96 valence electrons. The Morgan fingerprint density at radius 2 is 2.11 bits per heavy atom. The maximum atomic E-state index is 10.5. The van der Waals surface area contributed by atoms with Gasteiger partial charge in [-0.25, -0.2) is 4.98 Å². The zero-order valence-corrected chi connectivity index (χ0v) is 10.2. The van der Waals surface area contributed by atoms with Crippen LogP contribution in [0.5, 0.6) is 0 Å². The lowest BCUT2D eigenvalue weighted by molar-refractivity contribution is -0.976. The molecule has 0 aliphatic rings. The third-order valence-corrected chi connectivity index (χ3v) is 1.99. The lowest BCUT2D eigenvalue weighted by atomic mass is 10.2. The summed E-state index contributed by atoms with van der Waals surface area (Å²) in [6, 6.07) is 9.79. The van der Waals surface area contributed by atoms with E-state index in [-0.39, 0.29) is 5.09 Å². The van der Waals surface area contributed by atoms with Crippen molar-refractivity contribution < 1.29 is 14.8 Å². The van der Waals surface area contributed by atoms with Crippen LogP contribution >= 0.6 is 0 Å². The molecule has 0 atom stereocenters. The predicted octanol–water partition coefficient (Wildman–Crippen LogP) is 1.91. The Morgan fingerprint density at radius 1 is 1.33 bits per heavy atom. The summed E-state index contributed by atoms with van der Waals surface area (Å²) in [5, 5.41) is 0.100. The van der Waals surface area contributed by atoms with E-state index in [1.165, 1.54) is 7.11 Å². The molecular formula is C12H16N3O3+. The first-order valence-electron chi connectivity index (χ1n) is 5.44. The molecule has 0 amide bonds. The van der Waals surface area contributed by atoms with Gasteiger partial charge in [0.1, 0.15) is 4.91 Å². The smallest absolute Gasteiger partial charge is 0.351 e. The van der Waals surface area contributed by atoms with Crippen LogP contribution in [0.3, 0.4) is 0 Å². The summed E-state index contributed by atoms with van der Waals surface area (Å²) < 4.78 is 0. The Bertz CT molecular complexity index is 400. The third kappa shape index (κ3) is 6.26. The second-order valence-electron chi connectivity index (χ2n) is 3.24. The fourth-order valence-corrected chi connectivity index (χ4v) is 1.15. The van der Waals surface area contributed by atoms with Crippen LogP contribution in [0.25, 0.3) is 0 Å². The maximum absolute atomic E-state index is 10.5. The van der Waals surface area contributed by atoms with Crippen LogP contribution in [-0.2, 0) is 16.1 Å². The third-order valence-electron chi connectivity index (χ3n) is 1.99. The molecule has 0 aliphatic heterocycles. The van der Waals surface area contributed by atoms with Crippen molar-refractivity contribution in [3.05, 3.63) is 59.5 Å². The number of imidazole rings is 1. The van der Waals surface area contributed by atoms with E-state index in [2.05, 4.69) is 19.6 Å². The minimum absolute atomic E-state index is 0.100. The molecule has 1 heterocycles. The number of H-pyrrole nitrogens is 1. The van der Waals surface area contributed by atoms with Crippen molar-refractivity contribution in [2.45, 2.75) is 6.42 Å². The summed E-state index contributed by atoms with van der Waals surface area (Å²) in [4.78, 5) is 25.8. The number of hydrogen-bond acceptors (Lipinski definition) is 4. The van der Waals surface area contributed by atoms with E-state index in [9.17, 15) is 4.91 Å². The molecule has 6 heteroatoms. The van der Waals surface area contributed by atoms with Crippen LogP contribution < -0.4 is 0 Å². The number of benzene rings is 1. The van der Waals surface area contributed by atoms with Crippen molar-refractivity contribution in [2.24, 2.45) is 0 Å². The van der Waals surface area contributed by atoms with Crippen LogP contribution in [0.1, 0.15) is 5.56 Å². The Kier molecular flexibility index (Phi) is 6.65. The molecule has 0 unspecified atom stereocenters. The number of hydrogen-bond donors (Lipinski definition) is 1. The Labute approximate surface area is 105 Å². The molecule has 0 saturated heterocycles. The quantitative estimate of drug-likeness (QED) is 0.823. The standard InChI is InChI=1S/C9H12NO3.C3H4N2/c1-12-10(11)13-8-7-9-5-3-2-4-6-9;1-2-5-3-4-1/h2-6H,7-8H2,1H3;1-3H,(H,4,5)/q+1;. The maximum Gasteiger partial charge on any atom is 0.477 e. The van der Waals surface area contributed by atoms with Gasteiger partial charge in [-0.15, -0.1) is 0 Å². The molecule has 2 aromatic rings. The largest absolute Gasteiger partial charge is 0.477 e. The topological polar surface area (TPSA) is 67.2 Å². The molecule has 1 N–H and O–H groups in total. The number of rotatable bonds is 5. The van der Waals surface area contributed by atoms with Gasteiger partial charge in [0.2, 0.25) is 0 Å². The molecule has 2 rings (SSSR count). The van der Waals surface area contributed by atoms with E-state index in [1.807, 2.05) is 30.3 Å². The van der Waals surface area contributed by atoms with Gasteiger partial charge in [-0.1, -0.05) is 30.3 Å². The van der Waals surface area contributed by atoms with Crippen molar-refractivity contribution in [2.75, 3.05) is 13.7 Å². The number of aromatic nitrogens is 2. The van der Waals surface area contributed by atoms with Gasteiger partial charge < -0.3 is 4.98 Å². The minimum Gasteiger partial charge on any atom is -0.351 e. The van der Waals surface area contributed by atoms with Gasteiger partial charge in [-0.2, -0.15) is 9.68 Å². The first kappa shape index (κ1) is 13.7. The van der Waals surface area contributed by atoms with E-state index in [4.69, 9.17) is 0 Å². The molecule has 0 aliphatic carbocycles. The Balaban J connectivity index is 0.000000269. The van der Waals surface area contributed by atoms with E-state index in [0.29, 0.717) is 13.0 Å². The highest BCUT2D eigenvalue weighted by molar-refractivity contribution is 5.14. The summed E-state index contributed by atoms with van der Waals surface area (Å²) in [7, 11) is 1.26. The fraction of sp³-hybridized carbons (Fsp3) is 0.250. The van der Waals surface area contributed by atoms with Crippen molar-refractivity contribution in [1.82, 2.24) is 9.97 Å². The van der Waals surface area contributed by atoms with Crippen LogP contribution in [0, 0.1) is 4.91 Å². The van der Waals surface area contributed by atoms with Gasteiger partial charge in [0.15, 0.2) is 13.7 Å². The van der Waals surface area contributed by atoms with Crippen LogP contribution in [0.2, 0.25) is 0 Å². The predicted molar refractivity (Wildman–Crippen MR) is 65.3 cm³/mol. The van der Waals surface area contributed by atoms with Gasteiger partial charge in [-0.3, -0.25) is 0 Å². The zero-order valence-electron chi connectivity index (χ0n) is 10.2. The molecular weight excluding hydrogens is 234 g/mol. The molecule has 0 fully saturated rings. The normalized spacial score (nSPS) is 8.94.